The third-order valence-electron chi connectivity index (χ3n) is 7.96. The van der Waals surface area contributed by atoms with E-state index in [1.807, 2.05) is 35.0 Å². The van der Waals surface area contributed by atoms with Gasteiger partial charge in [-0.05, 0) is 67.3 Å². The Hall–Kier alpha value is -3.85. The SMILES string of the molecule is COc1cc2c(cc1CN1CCCOc3cccc(c3)-c3nccn3CCNC(=O)[C@@H](CC(C)C)NC(=O)C1)CCC2. The average Bonchev–Trinajstić information content (AvgIpc) is 3.63. The summed E-state index contributed by atoms with van der Waals surface area (Å²) < 4.78 is 13.9. The first kappa shape index (κ1) is 29.6. The number of ether oxygens (including phenoxy) is 2. The fourth-order valence-corrected chi connectivity index (χ4v) is 5.94. The van der Waals surface area contributed by atoms with Crippen molar-refractivity contribution in [2.45, 2.75) is 65.1 Å². The van der Waals surface area contributed by atoms with E-state index in [1.54, 1.807) is 13.3 Å². The number of carbonyl (C=O) groups is 2. The Labute approximate surface area is 248 Å². The van der Waals surface area contributed by atoms with Crippen molar-refractivity contribution in [1.82, 2.24) is 25.1 Å². The topological polar surface area (TPSA) is 97.7 Å². The number of amides is 2. The minimum absolute atomic E-state index is 0.164. The summed E-state index contributed by atoms with van der Waals surface area (Å²) in [6, 6.07) is 11.7. The van der Waals surface area contributed by atoms with Crippen molar-refractivity contribution in [3.8, 4) is 22.9 Å². The molecule has 0 unspecified atom stereocenters. The maximum atomic E-state index is 13.4. The van der Waals surface area contributed by atoms with Gasteiger partial charge in [-0.25, -0.2) is 4.98 Å². The van der Waals surface area contributed by atoms with E-state index in [0.29, 0.717) is 39.2 Å². The number of aromatic nitrogens is 2. The number of nitrogens with zero attached hydrogens (tertiary/aromatic N) is 3. The van der Waals surface area contributed by atoms with Crippen LogP contribution in [-0.4, -0.2) is 65.7 Å². The molecule has 2 bridgehead atoms. The molecule has 1 atom stereocenters. The minimum Gasteiger partial charge on any atom is -0.496 e. The van der Waals surface area contributed by atoms with Crippen LogP contribution in [0.1, 0.15) is 49.8 Å². The monoisotopic (exact) mass is 573 g/mol. The van der Waals surface area contributed by atoms with E-state index in [2.05, 4.69) is 46.5 Å². The second-order valence-electron chi connectivity index (χ2n) is 11.7. The normalized spacial score (nSPS) is 18.7. The van der Waals surface area contributed by atoms with Gasteiger partial charge in [-0.1, -0.05) is 32.0 Å². The van der Waals surface area contributed by atoms with Gasteiger partial charge in [-0.2, -0.15) is 0 Å². The van der Waals surface area contributed by atoms with Crippen LogP contribution in [-0.2, 0) is 35.5 Å². The molecule has 2 N–H and O–H groups in total. The van der Waals surface area contributed by atoms with Crippen LogP contribution >= 0.6 is 0 Å². The third-order valence-corrected chi connectivity index (χ3v) is 7.96. The molecule has 0 spiro atoms. The predicted octanol–water partition coefficient (Wildman–Crippen LogP) is 3.98. The largest absolute Gasteiger partial charge is 0.496 e. The van der Waals surface area contributed by atoms with Crippen LogP contribution in [0.2, 0.25) is 0 Å². The van der Waals surface area contributed by atoms with Crippen molar-refractivity contribution >= 4 is 11.8 Å². The lowest BCUT2D eigenvalue weighted by Crippen LogP contribution is -2.50. The zero-order chi connectivity index (χ0) is 29.5. The summed E-state index contributed by atoms with van der Waals surface area (Å²) in [5.74, 6) is 2.37. The highest BCUT2D eigenvalue weighted by Gasteiger charge is 2.24. The molecule has 9 nitrogen and oxygen atoms in total. The van der Waals surface area contributed by atoms with Crippen LogP contribution in [0.15, 0.2) is 48.8 Å². The fourth-order valence-electron chi connectivity index (χ4n) is 5.94. The van der Waals surface area contributed by atoms with Crippen molar-refractivity contribution in [1.29, 1.82) is 0 Å². The molecule has 2 aliphatic rings. The summed E-state index contributed by atoms with van der Waals surface area (Å²) in [5.41, 5.74) is 4.76. The summed E-state index contributed by atoms with van der Waals surface area (Å²) in [5, 5.41) is 6.07. The van der Waals surface area contributed by atoms with Crippen LogP contribution in [0.4, 0.5) is 0 Å². The quantitative estimate of drug-likeness (QED) is 0.479. The number of hydrogen-bond donors (Lipinski definition) is 2. The van der Waals surface area contributed by atoms with Gasteiger partial charge in [0.15, 0.2) is 0 Å². The number of hydrogen-bond acceptors (Lipinski definition) is 6. The first-order chi connectivity index (χ1) is 20.4. The number of methoxy groups -OCH3 is 1. The number of fused-ring (bicyclic) bond motifs is 5. The molecule has 1 aliphatic heterocycles. The molecule has 0 radical (unpaired) electrons. The summed E-state index contributed by atoms with van der Waals surface area (Å²) in [6.45, 7) is 7.01. The Morgan fingerprint density at radius 2 is 1.93 bits per heavy atom. The zero-order valence-corrected chi connectivity index (χ0v) is 25.0. The predicted molar refractivity (Wildman–Crippen MR) is 162 cm³/mol. The molecule has 42 heavy (non-hydrogen) atoms. The van der Waals surface area contributed by atoms with Crippen LogP contribution < -0.4 is 20.1 Å². The number of carbonyl (C=O) groups excluding carboxylic acids is 2. The molecule has 5 rings (SSSR count). The lowest BCUT2D eigenvalue weighted by molar-refractivity contribution is -0.130. The molecule has 3 aromatic rings. The molecule has 2 heterocycles. The highest BCUT2D eigenvalue weighted by molar-refractivity contribution is 5.88. The van der Waals surface area contributed by atoms with Crippen LogP contribution in [0.3, 0.4) is 0 Å². The minimum atomic E-state index is -0.602. The van der Waals surface area contributed by atoms with Crippen LogP contribution in [0.25, 0.3) is 11.4 Å². The van der Waals surface area contributed by atoms with Crippen molar-refractivity contribution in [3.05, 3.63) is 65.5 Å². The molecule has 2 aromatic carbocycles. The van der Waals surface area contributed by atoms with E-state index in [-0.39, 0.29) is 24.3 Å². The van der Waals surface area contributed by atoms with Gasteiger partial charge in [0.2, 0.25) is 11.8 Å². The molecular weight excluding hydrogens is 530 g/mol. The maximum absolute atomic E-state index is 13.4. The highest BCUT2D eigenvalue weighted by atomic mass is 16.5. The summed E-state index contributed by atoms with van der Waals surface area (Å²) in [4.78, 5) is 33.3. The van der Waals surface area contributed by atoms with Crippen LogP contribution in [0, 0.1) is 5.92 Å². The van der Waals surface area contributed by atoms with Gasteiger partial charge in [0.05, 0.1) is 20.3 Å². The number of nitrogens with one attached hydrogen (secondary N) is 2. The first-order valence-corrected chi connectivity index (χ1v) is 15.1. The average molecular weight is 574 g/mol. The van der Waals surface area contributed by atoms with Gasteiger partial charge in [0.25, 0.3) is 0 Å². The van der Waals surface area contributed by atoms with E-state index < -0.39 is 6.04 Å². The van der Waals surface area contributed by atoms with Gasteiger partial charge in [-0.3, -0.25) is 14.5 Å². The Bertz CT molecular complexity index is 1380. The van der Waals surface area contributed by atoms with E-state index in [4.69, 9.17) is 9.47 Å². The summed E-state index contributed by atoms with van der Waals surface area (Å²) in [7, 11) is 1.70. The Kier molecular flexibility index (Phi) is 9.79. The number of aryl methyl sites for hydroxylation is 2. The molecule has 9 heteroatoms. The van der Waals surface area contributed by atoms with Crippen molar-refractivity contribution in [3.63, 3.8) is 0 Å². The number of imidazole rings is 1. The third kappa shape index (κ3) is 7.50. The zero-order valence-electron chi connectivity index (χ0n) is 25.0. The molecule has 0 saturated heterocycles. The van der Waals surface area contributed by atoms with Gasteiger partial charge < -0.3 is 24.7 Å². The Morgan fingerprint density at radius 3 is 2.74 bits per heavy atom. The number of rotatable bonds is 5. The Balaban J connectivity index is 1.38. The van der Waals surface area contributed by atoms with E-state index in [1.165, 1.54) is 11.1 Å². The van der Waals surface area contributed by atoms with Crippen LogP contribution in [0.5, 0.6) is 11.5 Å². The smallest absolute Gasteiger partial charge is 0.242 e. The van der Waals surface area contributed by atoms with Crippen molar-refractivity contribution in [2.24, 2.45) is 5.92 Å². The summed E-state index contributed by atoms with van der Waals surface area (Å²) >= 11 is 0. The second kappa shape index (κ2) is 13.9. The highest BCUT2D eigenvalue weighted by Crippen LogP contribution is 2.31. The standard InChI is InChI=1S/C33H43N5O4/c1-23(2)17-29-33(40)35-12-15-38-14-11-34-32(38)26-9-5-10-28(19-26)42-16-6-13-37(22-31(39)36-29)21-27-18-24-7-4-8-25(24)20-30(27)41-3/h5,9-11,14,18-20,23,29H,4,6-8,12-13,15-17,21-22H2,1-3H3,(H,35,40)(H,36,39)/t29-/m1/s1. The molecule has 1 aliphatic carbocycles. The second-order valence-corrected chi connectivity index (χ2v) is 11.7. The molecule has 224 valence electrons. The summed E-state index contributed by atoms with van der Waals surface area (Å²) in [6.07, 6.45) is 8.28. The maximum Gasteiger partial charge on any atom is 0.242 e. The molecule has 0 saturated carbocycles. The number of benzene rings is 2. The van der Waals surface area contributed by atoms with Gasteiger partial charge in [-0.15, -0.1) is 0 Å². The lowest BCUT2D eigenvalue weighted by atomic mass is 10.0. The molecule has 2 amide bonds. The molecule has 0 fully saturated rings. The first-order valence-electron chi connectivity index (χ1n) is 15.1. The van der Waals surface area contributed by atoms with Gasteiger partial charge in [0.1, 0.15) is 23.4 Å². The van der Waals surface area contributed by atoms with Crippen molar-refractivity contribution < 1.29 is 19.1 Å². The van der Waals surface area contributed by atoms with E-state index in [0.717, 1.165) is 54.1 Å². The van der Waals surface area contributed by atoms with E-state index >= 15 is 0 Å². The fraction of sp³-hybridized carbons (Fsp3) is 0.485. The molecular formula is C33H43N5O4. The molecule has 1 aromatic heterocycles. The van der Waals surface area contributed by atoms with Crippen molar-refractivity contribution in [2.75, 3.05) is 33.4 Å². The van der Waals surface area contributed by atoms with E-state index in [9.17, 15) is 9.59 Å². The van der Waals surface area contributed by atoms with Gasteiger partial charge >= 0.3 is 0 Å². The lowest BCUT2D eigenvalue weighted by Gasteiger charge is -2.26. The Morgan fingerprint density at radius 1 is 1.10 bits per heavy atom. The van der Waals surface area contributed by atoms with Gasteiger partial charge in [0, 0.05) is 49.7 Å².